The molecular weight excluding hydrogens is 282 g/mol. The normalized spacial score (nSPS) is 21.3. The summed E-state index contributed by atoms with van der Waals surface area (Å²) in [6, 6.07) is 8.85. The van der Waals surface area contributed by atoms with Crippen molar-refractivity contribution in [3.63, 3.8) is 0 Å². The van der Waals surface area contributed by atoms with Gasteiger partial charge in [0.15, 0.2) is 5.78 Å². The number of rotatable bonds is 7. The Balaban J connectivity index is 1.89. The molecule has 1 amide bonds. The summed E-state index contributed by atoms with van der Waals surface area (Å²) in [7, 11) is 0. The van der Waals surface area contributed by atoms with Crippen LogP contribution in [0.15, 0.2) is 30.3 Å². The molecule has 5 nitrogen and oxygen atoms in total. The highest BCUT2D eigenvalue weighted by Gasteiger charge is 2.50. The van der Waals surface area contributed by atoms with E-state index in [1.54, 1.807) is 6.92 Å². The number of ketones is 1. The first-order valence-corrected chi connectivity index (χ1v) is 7.56. The van der Waals surface area contributed by atoms with Crippen LogP contribution in [0.3, 0.4) is 0 Å². The summed E-state index contributed by atoms with van der Waals surface area (Å²) in [6.45, 7) is 6.37. The van der Waals surface area contributed by atoms with E-state index < -0.39 is 17.7 Å². The Morgan fingerprint density at radius 3 is 2.50 bits per heavy atom. The molecule has 1 saturated heterocycles. The molecule has 0 aliphatic carbocycles. The monoisotopic (exact) mass is 305 g/mol. The van der Waals surface area contributed by atoms with Crippen molar-refractivity contribution in [3.05, 3.63) is 35.9 Å². The molecule has 0 radical (unpaired) electrons. The van der Waals surface area contributed by atoms with Crippen LogP contribution in [0, 0.1) is 5.92 Å². The topological polar surface area (TPSA) is 67.9 Å². The summed E-state index contributed by atoms with van der Waals surface area (Å²) >= 11 is 0. The van der Waals surface area contributed by atoms with Crippen LogP contribution < -0.4 is 5.32 Å². The lowest BCUT2D eigenvalue weighted by molar-refractivity contribution is -0.125. The molecule has 0 saturated carbocycles. The van der Waals surface area contributed by atoms with E-state index in [1.165, 1.54) is 0 Å². The minimum Gasteiger partial charge on any atom is -0.445 e. The van der Waals surface area contributed by atoms with Crippen LogP contribution in [0.5, 0.6) is 0 Å². The lowest BCUT2D eigenvalue weighted by atomic mass is 9.93. The highest BCUT2D eigenvalue weighted by atomic mass is 16.6. The van der Waals surface area contributed by atoms with Gasteiger partial charge in [0, 0.05) is 0 Å². The molecule has 1 N–H and O–H groups in total. The van der Waals surface area contributed by atoms with Gasteiger partial charge >= 0.3 is 6.09 Å². The van der Waals surface area contributed by atoms with Gasteiger partial charge in [0.25, 0.3) is 0 Å². The molecule has 1 heterocycles. The van der Waals surface area contributed by atoms with E-state index in [1.807, 2.05) is 44.2 Å². The van der Waals surface area contributed by atoms with Crippen LogP contribution in [0.25, 0.3) is 0 Å². The predicted octanol–water partition coefficient (Wildman–Crippen LogP) is 2.69. The second-order valence-electron chi connectivity index (χ2n) is 6.27. The molecule has 0 aromatic heterocycles. The molecule has 2 atom stereocenters. The third-order valence-electron chi connectivity index (χ3n) is 3.63. The average molecular weight is 305 g/mol. The smallest absolute Gasteiger partial charge is 0.408 e. The summed E-state index contributed by atoms with van der Waals surface area (Å²) in [5.74, 6) is 0.198. The Hall–Kier alpha value is -1.88. The molecule has 1 aromatic carbocycles. The van der Waals surface area contributed by atoms with Gasteiger partial charge in [-0.1, -0.05) is 44.2 Å². The Kier molecular flexibility index (Phi) is 5.19. The number of hydrogen-bond acceptors (Lipinski definition) is 4. The number of alkyl carbamates (subject to hydrolysis) is 1. The van der Waals surface area contributed by atoms with Crippen molar-refractivity contribution in [1.29, 1.82) is 0 Å². The van der Waals surface area contributed by atoms with Gasteiger partial charge in [-0.2, -0.15) is 0 Å². The number of epoxide rings is 1. The first-order valence-electron chi connectivity index (χ1n) is 7.56. The third kappa shape index (κ3) is 4.56. The summed E-state index contributed by atoms with van der Waals surface area (Å²) in [5, 5.41) is 2.67. The predicted molar refractivity (Wildman–Crippen MR) is 82.4 cm³/mol. The largest absolute Gasteiger partial charge is 0.445 e. The number of hydrogen-bond donors (Lipinski definition) is 1. The number of ether oxygens (including phenoxy) is 2. The van der Waals surface area contributed by atoms with E-state index in [0.29, 0.717) is 13.0 Å². The minimum atomic E-state index is -0.744. The zero-order chi connectivity index (χ0) is 16.2. The molecule has 0 bridgehead atoms. The van der Waals surface area contributed by atoms with Crippen molar-refractivity contribution >= 4 is 11.9 Å². The molecular formula is C17H23NO4. The van der Waals surface area contributed by atoms with Crippen molar-refractivity contribution in [2.75, 3.05) is 6.61 Å². The third-order valence-corrected chi connectivity index (χ3v) is 3.63. The zero-order valence-electron chi connectivity index (χ0n) is 13.3. The van der Waals surface area contributed by atoms with Gasteiger partial charge in [-0.3, -0.25) is 4.79 Å². The fourth-order valence-electron chi connectivity index (χ4n) is 2.23. The van der Waals surface area contributed by atoms with Crippen LogP contribution >= 0.6 is 0 Å². The van der Waals surface area contributed by atoms with Crippen LogP contribution in [-0.4, -0.2) is 30.1 Å². The Morgan fingerprint density at radius 2 is 1.95 bits per heavy atom. The molecule has 0 spiro atoms. The molecule has 2 rings (SSSR count). The molecule has 5 heteroatoms. The number of carbonyl (C=O) groups excluding carboxylic acids is 2. The quantitative estimate of drug-likeness (QED) is 0.786. The van der Waals surface area contributed by atoms with E-state index >= 15 is 0 Å². The number of amides is 1. The lowest BCUT2D eigenvalue weighted by Gasteiger charge is -2.21. The van der Waals surface area contributed by atoms with Crippen molar-refractivity contribution < 1.29 is 19.1 Å². The van der Waals surface area contributed by atoms with Crippen molar-refractivity contribution in [2.45, 2.75) is 45.4 Å². The Bertz CT molecular complexity index is 523. The van der Waals surface area contributed by atoms with Crippen LogP contribution in [0.2, 0.25) is 0 Å². The van der Waals surface area contributed by atoms with Crippen molar-refractivity contribution in [2.24, 2.45) is 5.92 Å². The molecule has 22 heavy (non-hydrogen) atoms. The summed E-state index contributed by atoms with van der Waals surface area (Å²) in [6.07, 6.45) is -0.00908. The van der Waals surface area contributed by atoms with Gasteiger partial charge in [0.05, 0.1) is 12.6 Å². The average Bonchev–Trinajstić information content (AvgIpc) is 3.23. The summed E-state index contributed by atoms with van der Waals surface area (Å²) < 4.78 is 10.4. The number of carbonyl (C=O) groups is 2. The van der Waals surface area contributed by atoms with Gasteiger partial charge in [-0.15, -0.1) is 0 Å². The van der Waals surface area contributed by atoms with Crippen LogP contribution in [0.4, 0.5) is 4.79 Å². The first kappa shape index (κ1) is 16.5. The maximum atomic E-state index is 12.4. The van der Waals surface area contributed by atoms with E-state index in [0.717, 1.165) is 5.56 Å². The second-order valence-corrected chi connectivity index (χ2v) is 6.27. The van der Waals surface area contributed by atoms with Crippen molar-refractivity contribution in [1.82, 2.24) is 5.32 Å². The molecule has 1 fully saturated rings. The molecule has 1 aliphatic rings. The van der Waals surface area contributed by atoms with E-state index in [-0.39, 0.29) is 18.3 Å². The lowest BCUT2D eigenvalue weighted by Crippen LogP contribution is -2.46. The summed E-state index contributed by atoms with van der Waals surface area (Å²) in [4.78, 5) is 24.3. The van der Waals surface area contributed by atoms with Gasteiger partial charge in [0.1, 0.15) is 12.2 Å². The minimum absolute atomic E-state index is 0.0853. The first-order chi connectivity index (χ1) is 10.4. The Labute approximate surface area is 131 Å². The summed E-state index contributed by atoms with van der Waals surface area (Å²) in [5.41, 5.74) is 0.161. The maximum Gasteiger partial charge on any atom is 0.408 e. The molecule has 1 aromatic rings. The zero-order valence-corrected chi connectivity index (χ0v) is 13.3. The number of nitrogens with one attached hydrogen (secondary N) is 1. The number of benzene rings is 1. The highest BCUT2D eigenvalue weighted by Crippen LogP contribution is 2.29. The van der Waals surface area contributed by atoms with Gasteiger partial charge < -0.3 is 14.8 Å². The Morgan fingerprint density at radius 1 is 1.32 bits per heavy atom. The standard InChI is InChI=1S/C17H23NO4/c1-12(2)9-14(15(19)17(3)11-22-17)18-16(20)21-10-13-7-5-4-6-8-13/h4-8,12,14H,9-11H2,1-3H3,(H,18,20)/t14?,17-/m0/s1. The SMILES string of the molecule is CC(C)CC(NC(=O)OCc1ccccc1)C(=O)[C@]1(C)CO1. The fraction of sp³-hybridized carbons (Fsp3) is 0.529. The molecule has 1 unspecified atom stereocenters. The number of Topliss-reactive ketones (excluding diaryl/α,β-unsaturated/α-hetero) is 1. The van der Waals surface area contributed by atoms with Crippen molar-refractivity contribution in [3.8, 4) is 0 Å². The fourth-order valence-corrected chi connectivity index (χ4v) is 2.23. The van der Waals surface area contributed by atoms with E-state index in [9.17, 15) is 9.59 Å². The van der Waals surface area contributed by atoms with E-state index in [4.69, 9.17) is 9.47 Å². The van der Waals surface area contributed by atoms with Gasteiger partial charge in [-0.05, 0) is 24.8 Å². The van der Waals surface area contributed by atoms with Crippen LogP contribution in [0.1, 0.15) is 32.8 Å². The maximum absolute atomic E-state index is 12.4. The van der Waals surface area contributed by atoms with Crippen LogP contribution in [-0.2, 0) is 20.9 Å². The molecule has 120 valence electrons. The molecule has 1 aliphatic heterocycles. The van der Waals surface area contributed by atoms with Gasteiger partial charge in [-0.25, -0.2) is 4.79 Å². The second kappa shape index (κ2) is 6.92. The highest BCUT2D eigenvalue weighted by molar-refractivity contribution is 5.95. The van der Waals surface area contributed by atoms with Gasteiger partial charge in [0.2, 0.25) is 0 Å². The van der Waals surface area contributed by atoms with E-state index in [2.05, 4.69) is 5.32 Å².